The SMILES string of the molecule is CCCCCCCCCCCCCCCCCC[N+](C)(C)CCCCCCCCCCCCC(C)(OCC)OCC.[Cl-]. The average molecular weight is 619 g/mol. The molecule has 0 spiro atoms. The lowest BCUT2D eigenvalue weighted by atomic mass is 10.0. The van der Waals surface area contributed by atoms with Crippen LogP contribution in [-0.4, -0.2) is 50.7 Å². The first-order valence-electron chi connectivity index (χ1n) is 19.0. The molecule has 0 unspecified atom stereocenters. The van der Waals surface area contributed by atoms with Gasteiger partial charge in [-0.25, -0.2) is 0 Å². The third-order valence-electron chi connectivity index (χ3n) is 9.16. The molecule has 0 radical (unpaired) electrons. The molecule has 0 heterocycles. The topological polar surface area (TPSA) is 18.5 Å². The lowest BCUT2D eigenvalue weighted by Gasteiger charge is -2.30. The molecular weight excluding hydrogens is 538 g/mol. The summed E-state index contributed by atoms with van der Waals surface area (Å²) in [7, 11) is 4.91. The van der Waals surface area contributed by atoms with Gasteiger partial charge in [0.1, 0.15) is 0 Å². The zero-order valence-corrected chi connectivity index (χ0v) is 30.8. The molecule has 0 bridgehead atoms. The average Bonchev–Trinajstić information content (AvgIpc) is 2.93. The van der Waals surface area contributed by atoms with Crippen molar-refractivity contribution in [2.45, 2.75) is 207 Å². The standard InChI is InChI=1S/C38H80NO2.ClH/c1-7-10-11-12-13-14-15-16-17-18-19-21-24-27-30-33-36-39(5,6)37-34-31-28-25-22-20-23-26-29-32-35-38(4,40-8-2)41-9-3;/h7-37H2,1-6H3;1H/q+1;/p-1. The van der Waals surface area contributed by atoms with Gasteiger partial charge in [-0.15, -0.1) is 0 Å². The predicted molar refractivity (Wildman–Crippen MR) is 184 cm³/mol. The minimum atomic E-state index is -0.373. The van der Waals surface area contributed by atoms with Crippen molar-refractivity contribution in [1.29, 1.82) is 0 Å². The van der Waals surface area contributed by atoms with Crippen molar-refractivity contribution in [2.75, 3.05) is 40.4 Å². The maximum Gasteiger partial charge on any atom is 0.165 e. The van der Waals surface area contributed by atoms with Gasteiger partial charge in [0.05, 0.1) is 27.2 Å². The lowest BCUT2D eigenvalue weighted by molar-refractivity contribution is -0.890. The van der Waals surface area contributed by atoms with Crippen LogP contribution < -0.4 is 12.4 Å². The molecule has 256 valence electrons. The van der Waals surface area contributed by atoms with Crippen LogP contribution in [0.1, 0.15) is 201 Å². The maximum absolute atomic E-state index is 5.82. The van der Waals surface area contributed by atoms with Crippen LogP contribution in [0, 0.1) is 0 Å². The number of unbranched alkanes of at least 4 members (excludes halogenated alkanes) is 24. The zero-order valence-electron chi connectivity index (χ0n) is 30.1. The van der Waals surface area contributed by atoms with E-state index in [2.05, 4.69) is 41.8 Å². The highest BCUT2D eigenvalue weighted by Gasteiger charge is 2.23. The maximum atomic E-state index is 5.82. The van der Waals surface area contributed by atoms with E-state index in [1.807, 2.05) is 0 Å². The van der Waals surface area contributed by atoms with E-state index in [9.17, 15) is 0 Å². The highest BCUT2D eigenvalue weighted by Crippen LogP contribution is 2.22. The van der Waals surface area contributed by atoms with Crippen molar-refractivity contribution in [3.8, 4) is 0 Å². The van der Waals surface area contributed by atoms with Crippen molar-refractivity contribution >= 4 is 0 Å². The van der Waals surface area contributed by atoms with Gasteiger partial charge in [-0.05, 0) is 52.9 Å². The molecule has 42 heavy (non-hydrogen) atoms. The van der Waals surface area contributed by atoms with Gasteiger partial charge in [-0.3, -0.25) is 0 Å². The van der Waals surface area contributed by atoms with E-state index in [1.54, 1.807) is 0 Å². The van der Waals surface area contributed by atoms with Gasteiger partial charge in [0.25, 0.3) is 0 Å². The Kier molecular flexibility index (Phi) is 34.3. The van der Waals surface area contributed by atoms with Crippen LogP contribution >= 0.6 is 0 Å². The van der Waals surface area contributed by atoms with E-state index >= 15 is 0 Å². The molecule has 0 aliphatic carbocycles. The van der Waals surface area contributed by atoms with Crippen LogP contribution in [0.2, 0.25) is 0 Å². The molecule has 4 heteroatoms. The van der Waals surface area contributed by atoms with Crippen LogP contribution in [0.5, 0.6) is 0 Å². The van der Waals surface area contributed by atoms with Crippen molar-refractivity contribution in [1.82, 2.24) is 0 Å². The Morgan fingerprint density at radius 1 is 0.405 bits per heavy atom. The number of quaternary nitrogens is 1. The lowest BCUT2D eigenvalue weighted by Crippen LogP contribution is -3.00. The summed E-state index contributed by atoms with van der Waals surface area (Å²) in [5.74, 6) is -0.373. The molecule has 0 saturated heterocycles. The molecule has 0 aliphatic rings. The predicted octanol–water partition coefficient (Wildman–Crippen LogP) is 9.41. The second-order valence-electron chi connectivity index (χ2n) is 14.0. The fraction of sp³-hybridized carbons (Fsp3) is 1.00. The second kappa shape index (κ2) is 32.6. The summed E-state index contributed by atoms with van der Waals surface area (Å²) in [6.45, 7) is 12.7. The zero-order chi connectivity index (χ0) is 30.3. The van der Waals surface area contributed by atoms with Gasteiger partial charge in [0.2, 0.25) is 0 Å². The summed E-state index contributed by atoms with van der Waals surface area (Å²) in [4.78, 5) is 0. The minimum Gasteiger partial charge on any atom is -1.00 e. The fourth-order valence-corrected chi connectivity index (χ4v) is 6.40. The van der Waals surface area contributed by atoms with Crippen LogP contribution in [0.3, 0.4) is 0 Å². The Hall–Kier alpha value is 0.170. The van der Waals surface area contributed by atoms with E-state index in [0.29, 0.717) is 0 Å². The van der Waals surface area contributed by atoms with Crippen LogP contribution in [0.4, 0.5) is 0 Å². The Morgan fingerprint density at radius 2 is 0.667 bits per heavy atom. The van der Waals surface area contributed by atoms with Crippen LogP contribution in [0.25, 0.3) is 0 Å². The molecule has 0 rings (SSSR count). The first-order chi connectivity index (χ1) is 19.9. The molecular formula is C38H80ClNO2. The molecule has 0 N–H and O–H groups in total. The van der Waals surface area contributed by atoms with Crippen LogP contribution in [0.15, 0.2) is 0 Å². The number of rotatable bonds is 34. The van der Waals surface area contributed by atoms with E-state index in [0.717, 1.165) is 19.6 Å². The molecule has 0 amide bonds. The van der Waals surface area contributed by atoms with E-state index in [-0.39, 0.29) is 18.2 Å². The van der Waals surface area contributed by atoms with Gasteiger partial charge in [-0.2, -0.15) is 0 Å². The number of ether oxygens (including phenoxy) is 2. The van der Waals surface area contributed by atoms with Crippen molar-refractivity contribution in [3.63, 3.8) is 0 Å². The number of nitrogens with zero attached hydrogens (tertiary/aromatic N) is 1. The second-order valence-corrected chi connectivity index (χ2v) is 14.0. The smallest absolute Gasteiger partial charge is 0.165 e. The Labute approximate surface area is 273 Å². The molecule has 0 aromatic heterocycles. The number of hydrogen-bond donors (Lipinski definition) is 0. The quantitative estimate of drug-likeness (QED) is 0.0407. The fourth-order valence-electron chi connectivity index (χ4n) is 6.40. The van der Waals surface area contributed by atoms with E-state index in [4.69, 9.17) is 9.47 Å². The van der Waals surface area contributed by atoms with Gasteiger partial charge in [0.15, 0.2) is 5.79 Å². The third kappa shape index (κ3) is 31.6. The number of hydrogen-bond acceptors (Lipinski definition) is 2. The summed E-state index contributed by atoms with van der Waals surface area (Å²) in [6.07, 6.45) is 38.1. The largest absolute Gasteiger partial charge is 1.00 e. The van der Waals surface area contributed by atoms with Crippen molar-refractivity contribution in [2.24, 2.45) is 0 Å². The Balaban J connectivity index is 0. The van der Waals surface area contributed by atoms with E-state index < -0.39 is 0 Å². The molecule has 0 aromatic rings. The Morgan fingerprint density at radius 3 is 0.952 bits per heavy atom. The van der Waals surface area contributed by atoms with Crippen molar-refractivity contribution < 1.29 is 26.4 Å². The summed E-state index contributed by atoms with van der Waals surface area (Å²) in [5.41, 5.74) is 0. The van der Waals surface area contributed by atoms with Gasteiger partial charge in [0, 0.05) is 19.6 Å². The highest BCUT2D eigenvalue weighted by atomic mass is 35.5. The molecule has 0 saturated carbocycles. The monoisotopic (exact) mass is 618 g/mol. The van der Waals surface area contributed by atoms with Gasteiger partial charge in [-0.1, -0.05) is 142 Å². The Bertz CT molecular complexity index is 507. The molecule has 0 aromatic carbocycles. The first-order valence-corrected chi connectivity index (χ1v) is 19.0. The summed E-state index contributed by atoms with van der Waals surface area (Å²) < 4.78 is 12.9. The molecule has 0 aliphatic heterocycles. The summed E-state index contributed by atoms with van der Waals surface area (Å²) >= 11 is 0. The molecule has 0 atom stereocenters. The van der Waals surface area contributed by atoms with Crippen molar-refractivity contribution in [3.05, 3.63) is 0 Å². The van der Waals surface area contributed by atoms with E-state index in [1.165, 1.54) is 185 Å². The molecule has 3 nitrogen and oxygen atoms in total. The molecule has 0 fully saturated rings. The van der Waals surface area contributed by atoms with Gasteiger partial charge < -0.3 is 26.4 Å². The highest BCUT2D eigenvalue weighted by molar-refractivity contribution is 4.63. The first kappa shape index (κ1) is 44.3. The summed E-state index contributed by atoms with van der Waals surface area (Å²) in [6, 6.07) is 0. The number of halogens is 1. The normalized spacial score (nSPS) is 12.1. The van der Waals surface area contributed by atoms with Gasteiger partial charge >= 0.3 is 0 Å². The third-order valence-corrected chi connectivity index (χ3v) is 9.16. The minimum absolute atomic E-state index is 0. The van der Waals surface area contributed by atoms with Crippen LogP contribution in [-0.2, 0) is 9.47 Å². The summed E-state index contributed by atoms with van der Waals surface area (Å²) in [5, 5.41) is 0.